The Morgan fingerprint density at radius 3 is 2.02 bits per heavy atom. The maximum absolute atomic E-state index is 12.9. The number of carbonyl (C=O) groups excluding carboxylic acids is 3. The number of nitrogens with zero attached hydrogens (tertiary/aromatic N) is 2. The van der Waals surface area contributed by atoms with E-state index in [9.17, 15) is 24.4 Å². The first-order chi connectivity index (χ1) is 23.3. The number of ketones is 1. The number of amides is 2. The molecule has 0 saturated carbocycles. The number of aryl methyl sites for hydroxylation is 2. The van der Waals surface area contributed by atoms with E-state index in [1.54, 1.807) is 18.3 Å². The minimum atomic E-state index is -1.77. The molecule has 1 aromatic heterocycles. The molecule has 4 N–H and O–H groups in total. The number of nitrogens with one attached hydrogen (secondary N) is 2. The lowest BCUT2D eigenvalue weighted by Crippen LogP contribution is -2.54. The summed E-state index contributed by atoms with van der Waals surface area (Å²) in [6.45, 7) is 2.86. The third-order valence-electron chi connectivity index (χ3n) is 7.62. The van der Waals surface area contributed by atoms with Crippen LogP contribution in [0.4, 0.5) is 0 Å². The van der Waals surface area contributed by atoms with Gasteiger partial charge in [0.05, 0.1) is 31.0 Å². The molecule has 1 unspecified atom stereocenters. The average Bonchev–Trinajstić information content (AvgIpc) is 3.09. The molecule has 0 radical (unpaired) electrons. The topological polar surface area (TPSA) is 160 Å². The summed E-state index contributed by atoms with van der Waals surface area (Å²) in [5.41, 5.74) is 3.79. The van der Waals surface area contributed by atoms with Gasteiger partial charge in [-0.3, -0.25) is 19.4 Å². The highest BCUT2D eigenvalue weighted by atomic mass is 16.5. The van der Waals surface area contributed by atoms with Crippen molar-refractivity contribution in [3.8, 4) is 11.5 Å². The van der Waals surface area contributed by atoms with E-state index in [0.29, 0.717) is 43.9 Å². The molecule has 48 heavy (non-hydrogen) atoms. The van der Waals surface area contributed by atoms with Crippen molar-refractivity contribution in [2.24, 2.45) is 0 Å². The number of ether oxygens (including phenoxy) is 2. The van der Waals surface area contributed by atoms with Crippen LogP contribution in [-0.4, -0.2) is 70.4 Å². The first-order valence-electron chi connectivity index (χ1n) is 16.0. The average molecular weight is 653 g/mol. The van der Waals surface area contributed by atoms with E-state index in [1.807, 2.05) is 73.7 Å². The largest absolute Gasteiger partial charge is 0.494 e. The maximum atomic E-state index is 12.9. The van der Waals surface area contributed by atoms with E-state index < -0.39 is 25.0 Å². The Morgan fingerprint density at radius 1 is 0.833 bits per heavy atom. The summed E-state index contributed by atoms with van der Waals surface area (Å²) in [5.74, 6) is -0.0392. The fraction of sp³-hybridized carbons (Fsp3) is 0.306. The van der Waals surface area contributed by atoms with Gasteiger partial charge in [0, 0.05) is 19.0 Å². The minimum absolute atomic E-state index is 0.0280. The molecule has 1 heterocycles. The molecule has 0 aliphatic rings. The van der Waals surface area contributed by atoms with Gasteiger partial charge >= 0.3 is 7.12 Å². The van der Waals surface area contributed by atoms with Crippen LogP contribution in [0.15, 0.2) is 91.3 Å². The van der Waals surface area contributed by atoms with Crippen molar-refractivity contribution < 1.29 is 33.9 Å². The first-order valence-corrected chi connectivity index (χ1v) is 16.0. The van der Waals surface area contributed by atoms with Gasteiger partial charge in [0.15, 0.2) is 5.78 Å². The van der Waals surface area contributed by atoms with Crippen molar-refractivity contribution in [2.45, 2.75) is 57.4 Å². The summed E-state index contributed by atoms with van der Waals surface area (Å²) in [5, 5.41) is 24.8. The minimum Gasteiger partial charge on any atom is -0.494 e. The number of hydrogen-bond acceptors (Lipinski definition) is 9. The molecular weight excluding hydrogens is 611 g/mol. The third-order valence-corrected chi connectivity index (χ3v) is 7.62. The standard InChI is InChI=1S/C36H41BN4O7/c1-26-23-38-24-33(40-26)34(43)18-13-27-9-14-30(15-10-27)47-19-5-6-20-48-31-16-11-29(12-17-31)21-32(39-25-42)36(44)41-35(37(45)46)22-28-7-3-2-4-8-28/h2-4,7-12,14-17,23-25,32,35,45-46H,5-6,13,18-22H2,1H3,(H,39,42)(H,41,44)/t32-,35?/m0/s1. The number of hydrogen-bond donors (Lipinski definition) is 4. The van der Waals surface area contributed by atoms with E-state index in [4.69, 9.17) is 9.47 Å². The van der Waals surface area contributed by atoms with Crippen LogP contribution in [0.2, 0.25) is 0 Å². The molecule has 3 aromatic carbocycles. The smallest absolute Gasteiger partial charge is 0.475 e. The second kappa shape index (κ2) is 18.9. The van der Waals surface area contributed by atoms with Gasteiger partial charge in [-0.25, -0.2) is 4.98 Å². The summed E-state index contributed by atoms with van der Waals surface area (Å²) < 4.78 is 11.7. The third kappa shape index (κ3) is 11.9. The molecule has 0 saturated heterocycles. The normalized spacial score (nSPS) is 12.0. The highest BCUT2D eigenvalue weighted by molar-refractivity contribution is 6.43. The van der Waals surface area contributed by atoms with Gasteiger partial charge < -0.3 is 30.2 Å². The molecule has 0 spiro atoms. The Kier molecular flexibility index (Phi) is 14.1. The number of rotatable bonds is 20. The zero-order valence-electron chi connectivity index (χ0n) is 27.0. The highest BCUT2D eigenvalue weighted by Gasteiger charge is 2.29. The molecule has 2 atom stereocenters. The zero-order valence-corrected chi connectivity index (χ0v) is 27.0. The lowest BCUT2D eigenvalue weighted by atomic mass is 9.75. The number of unbranched alkanes of at least 4 members (excludes halogenated alkanes) is 1. The van der Waals surface area contributed by atoms with Crippen molar-refractivity contribution in [1.82, 2.24) is 20.6 Å². The van der Waals surface area contributed by atoms with Crippen LogP contribution in [0, 0.1) is 6.92 Å². The molecule has 12 heteroatoms. The molecular formula is C36H41BN4O7. The Bertz CT molecular complexity index is 1590. The SMILES string of the molecule is Cc1cncc(C(=O)CCc2ccc(OCCCCOc3ccc(C[C@H](NC=O)C(=O)NC(Cc4ccccc4)B(O)O)cc3)cc2)n1. The van der Waals surface area contributed by atoms with Crippen molar-refractivity contribution >= 4 is 25.2 Å². The summed E-state index contributed by atoms with van der Waals surface area (Å²) in [7, 11) is -1.77. The summed E-state index contributed by atoms with van der Waals surface area (Å²) >= 11 is 0. The number of Topliss-reactive ketones (excluding diaryl/α,β-unsaturated/α-hetero) is 1. The molecule has 11 nitrogen and oxygen atoms in total. The summed E-state index contributed by atoms with van der Waals surface area (Å²) in [6.07, 6.45) is 6.58. The Balaban J connectivity index is 1.13. The Morgan fingerprint density at radius 2 is 1.44 bits per heavy atom. The van der Waals surface area contributed by atoms with Gasteiger partial charge in [-0.1, -0.05) is 54.6 Å². The fourth-order valence-electron chi connectivity index (χ4n) is 4.97. The zero-order chi connectivity index (χ0) is 34.1. The second-order valence-electron chi connectivity index (χ2n) is 11.4. The van der Waals surface area contributed by atoms with E-state index >= 15 is 0 Å². The summed E-state index contributed by atoms with van der Waals surface area (Å²) in [6, 6.07) is 23.3. The van der Waals surface area contributed by atoms with Crippen LogP contribution in [0.5, 0.6) is 11.5 Å². The molecule has 4 aromatic rings. The van der Waals surface area contributed by atoms with E-state index in [-0.39, 0.29) is 18.6 Å². The molecule has 4 rings (SSSR count). The van der Waals surface area contributed by atoms with Crippen LogP contribution < -0.4 is 20.1 Å². The first kappa shape index (κ1) is 35.8. The van der Waals surface area contributed by atoms with Crippen LogP contribution in [0.25, 0.3) is 0 Å². The van der Waals surface area contributed by atoms with Gasteiger partial charge in [0.2, 0.25) is 12.3 Å². The predicted molar refractivity (Wildman–Crippen MR) is 181 cm³/mol. The van der Waals surface area contributed by atoms with Crippen LogP contribution >= 0.6 is 0 Å². The van der Waals surface area contributed by atoms with Crippen LogP contribution in [0.1, 0.15) is 52.1 Å². The van der Waals surface area contributed by atoms with Crippen molar-refractivity contribution in [3.05, 3.63) is 119 Å². The van der Waals surface area contributed by atoms with Crippen LogP contribution in [-0.2, 0) is 28.9 Å². The van der Waals surface area contributed by atoms with Gasteiger partial charge in [0.1, 0.15) is 23.2 Å². The monoisotopic (exact) mass is 652 g/mol. The van der Waals surface area contributed by atoms with Gasteiger partial charge in [0.25, 0.3) is 0 Å². The molecule has 0 fully saturated rings. The lowest BCUT2D eigenvalue weighted by molar-refractivity contribution is -0.125. The van der Waals surface area contributed by atoms with Gasteiger partial charge in [-0.15, -0.1) is 0 Å². The van der Waals surface area contributed by atoms with E-state index in [0.717, 1.165) is 41.0 Å². The van der Waals surface area contributed by atoms with Gasteiger partial charge in [-0.2, -0.15) is 0 Å². The lowest BCUT2D eigenvalue weighted by Gasteiger charge is -2.22. The van der Waals surface area contributed by atoms with Crippen molar-refractivity contribution in [1.29, 1.82) is 0 Å². The second-order valence-corrected chi connectivity index (χ2v) is 11.4. The van der Waals surface area contributed by atoms with Crippen molar-refractivity contribution in [3.63, 3.8) is 0 Å². The molecule has 0 bridgehead atoms. The molecule has 0 aliphatic heterocycles. The number of benzene rings is 3. The quantitative estimate of drug-likeness (QED) is 0.0487. The van der Waals surface area contributed by atoms with Crippen LogP contribution in [0.3, 0.4) is 0 Å². The molecule has 250 valence electrons. The number of carbonyl (C=O) groups is 3. The Hall–Kier alpha value is -5.07. The van der Waals surface area contributed by atoms with E-state index in [2.05, 4.69) is 20.6 Å². The number of aromatic nitrogens is 2. The predicted octanol–water partition coefficient (Wildman–Crippen LogP) is 3.24. The Labute approximate surface area is 280 Å². The highest BCUT2D eigenvalue weighted by Crippen LogP contribution is 2.17. The van der Waals surface area contributed by atoms with Crippen molar-refractivity contribution in [2.75, 3.05) is 13.2 Å². The maximum Gasteiger partial charge on any atom is 0.475 e. The molecule has 2 amide bonds. The van der Waals surface area contributed by atoms with Gasteiger partial charge in [-0.05, 0) is 73.6 Å². The fourth-order valence-corrected chi connectivity index (χ4v) is 4.97. The summed E-state index contributed by atoms with van der Waals surface area (Å²) in [4.78, 5) is 44.8. The molecule has 0 aliphatic carbocycles. The van der Waals surface area contributed by atoms with E-state index in [1.165, 1.54) is 6.20 Å².